The van der Waals surface area contributed by atoms with Gasteiger partial charge in [0.2, 0.25) is 0 Å². The van der Waals surface area contributed by atoms with Gasteiger partial charge in [0, 0.05) is 6.92 Å². The molecular weight excluding hydrogens is 190 g/mol. The lowest BCUT2D eigenvalue weighted by molar-refractivity contribution is -0.140. The Bertz CT molecular complexity index is 314. The molecule has 1 rings (SSSR count). The average Bonchev–Trinajstić information content (AvgIpc) is 2.20. The molecule has 0 aliphatic carbocycles. The molecule has 80 valence electrons. The number of benzene rings is 1. The van der Waals surface area contributed by atoms with E-state index in [0.717, 1.165) is 5.56 Å². The predicted molar refractivity (Wildman–Crippen MR) is 58.1 cm³/mol. The number of carbonyl (C=O) groups is 1. The number of nitrogens with zero attached hydrogens (tertiary/aromatic N) is 1. The quantitative estimate of drug-likeness (QED) is 0.696. The zero-order chi connectivity index (χ0) is 11.5. The topological polar surface area (TPSA) is 50.1 Å². The molecule has 0 aliphatic rings. The Morgan fingerprint density at radius 3 is 2.33 bits per heavy atom. The first kappa shape index (κ1) is 13.2. The van der Waals surface area contributed by atoms with Crippen molar-refractivity contribution in [3.8, 4) is 6.07 Å². The zero-order valence-corrected chi connectivity index (χ0v) is 9.06. The third kappa shape index (κ3) is 8.51. The third-order valence-corrected chi connectivity index (χ3v) is 1.47. The van der Waals surface area contributed by atoms with Gasteiger partial charge in [-0.25, -0.2) is 0 Å². The molecule has 0 bridgehead atoms. The molecule has 0 amide bonds. The smallest absolute Gasteiger partial charge is 0.302 e. The van der Waals surface area contributed by atoms with Crippen molar-refractivity contribution in [2.24, 2.45) is 0 Å². The van der Waals surface area contributed by atoms with E-state index < -0.39 is 0 Å². The molecule has 0 radical (unpaired) electrons. The van der Waals surface area contributed by atoms with Crippen LogP contribution in [-0.4, -0.2) is 12.6 Å². The van der Waals surface area contributed by atoms with Crippen molar-refractivity contribution in [2.45, 2.75) is 20.3 Å². The fourth-order valence-corrected chi connectivity index (χ4v) is 0.890. The number of rotatable bonds is 2. The summed E-state index contributed by atoms with van der Waals surface area (Å²) in [5.74, 6) is -0.211. The van der Waals surface area contributed by atoms with Gasteiger partial charge in [-0.3, -0.25) is 4.79 Å². The second-order valence-electron chi connectivity index (χ2n) is 2.75. The van der Waals surface area contributed by atoms with Crippen molar-refractivity contribution in [1.82, 2.24) is 0 Å². The third-order valence-electron chi connectivity index (χ3n) is 1.47. The largest absolute Gasteiger partial charge is 0.466 e. The maximum absolute atomic E-state index is 9.82. The summed E-state index contributed by atoms with van der Waals surface area (Å²) in [7, 11) is 0. The zero-order valence-electron chi connectivity index (χ0n) is 9.06. The molecule has 0 spiro atoms. The molecular formula is C12H15NO2. The van der Waals surface area contributed by atoms with Crippen LogP contribution in [0.2, 0.25) is 0 Å². The fraction of sp³-hybridized carbons (Fsp3) is 0.333. The Hall–Kier alpha value is -1.82. The van der Waals surface area contributed by atoms with E-state index in [4.69, 9.17) is 5.26 Å². The van der Waals surface area contributed by atoms with Gasteiger partial charge in [-0.1, -0.05) is 30.3 Å². The van der Waals surface area contributed by atoms with Crippen LogP contribution < -0.4 is 0 Å². The van der Waals surface area contributed by atoms with Crippen LogP contribution in [0, 0.1) is 11.3 Å². The monoisotopic (exact) mass is 205 g/mol. The number of carbonyl (C=O) groups excluding carboxylic acids is 1. The first-order valence-corrected chi connectivity index (χ1v) is 4.75. The number of hydrogen-bond donors (Lipinski definition) is 0. The van der Waals surface area contributed by atoms with Gasteiger partial charge in [0.05, 0.1) is 19.1 Å². The second kappa shape index (κ2) is 8.76. The summed E-state index contributed by atoms with van der Waals surface area (Å²) in [6.45, 7) is 3.65. The van der Waals surface area contributed by atoms with Gasteiger partial charge in [0.25, 0.3) is 0 Å². The Morgan fingerprint density at radius 2 is 2.00 bits per heavy atom. The van der Waals surface area contributed by atoms with E-state index in [2.05, 4.69) is 10.8 Å². The maximum Gasteiger partial charge on any atom is 0.302 e. The van der Waals surface area contributed by atoms with Crippen LogP contribution in [0.5, 0.6) is 0 Å². The molecule has 0 atom stereocenters. The summed E-state index contributed by atoms with van der Waals surface area (Å²) < 4.78 is 4.40. The van der Waals surface area contributed by atoms with Crippen LogP contribution in [0.4, 0.5) is 0 Å². The van der Waals surface area contributed by atoms with Crippen molar-refractivity contribution in [3.05, 3.63) is 35.9 Å². The average molecular weight is 205 g/mol. The Labute approximate surface area is 90.3 Å². The highest BCUT2D eigenvalue weighted by Crippen LogP contribution is 1.96. The summed E-state index contributed by atoms with van der Waals surface area (Å²) in [5.41, 5.74) is 1.08. The SMILES string of the molecule is CCOC(C)=O.N#CCc1ccccc1. The molecule has 0 aromatic heterocycles. The number of hydrogen-bond acceptors (Lipinski definition) is 3. The number of ether oxygens (including phenoxy) is 1. The van der Waals surface area contributed by atoms with Crippen molar-refractivity contribution in [1.29, 1.82) is 5.26 Å². The molecule has 0 fully saturated rings. The van der Waals surface area contributed by atoms with E-state index in [0.29, 0.717) is 13.0 Å². The minimum atomic E-state index is -0.211. The molecule has 3 nitrogen and oxygen atoms in total. The summed E-state index contributed by atoms with van der Waals surface area (Å²) in [5, 5.41) is 8.27. The van der Waals surface area contributed by atoms with Gasteiger partial charge in [-0.05, 0) is 12.5 Å². The highest BCUT2D eigenvalue weighted by Gasteiger charge is 1.84. The van der Waals surface area contributed by atoms with Crippen molar-refractivity contribution < 1.29 is 9.53 Å². The van der Waals surface area contributed by atoms with E-state index in [-0.39, 0.29) is 5.97 Å². The number of esters is 1. The standard InChI is InChI=1S/C8H7N.C4H8O2/c9-7-6-8-4-2-1-3-5-8;1-3-6-4(2)5/h1-5H,6H2;3H2,1-2H3. The fourth-order valence-electron chi connectivity index (χ4n) is 0.890. The summed E-state index contributed by atoms with van der Waals surface area (Å²) in [4.78, 5) is 9.82. The lowest BCUT2D eigenvalue weighted by Gasteiger charge is -1.89. The van der Waals surface area contributed by atoms with Crippen LogP contribution in [0.25, 0.3) is 0 Å². The molecule has 0 unspecified atom stereocenters. The lowest BCUT2D eigenvalue weighted by Crippen LogP contribution is -1.95. The first-order chi connectivity index (χ1) is 7.20. The molecule has 0 aliphatic heterocycles. The van der Waals surface area contributed by atoms with E-state index in [1.54, 1.807) is 6.92 Å². The molecule has 0 saturated carbocycles. The highest BCUT2D eigenvalue weighted by molar-refractivity contribution is 5.65. The molecule has 0 N–H and O–H groups in total. The van der Waals surface area contributed by atoms with Crippen LogP contribution in [0.15, 0.2) is 30.3 Å². The van der Waals surface area contributed by atoms with E-state index in [1.165, 1.54) is 6.92 Å². The van der Waals surface area contributed by atoms with Gasteiger partial charge in [0.15, 0.2) is 0 Å². The van der Waals surface area contributed by atoms with Gasteiger partial charge >= 0.3 is 5.97 Å². The molecule has 0 heterocycles. The van der Waals surface area contributed by atoms with Crippen molar-refractivity contribution in [3.63, 3.8) is 0 Å². The molecule has 0 saturated heterocycles. The van der Waals surface area contributed by atoms with Gasteiger partial charge in [0.1, 0.15) is 0 Å². The molecule has 1 aromatic rings. The van der Waals surface area contributed by atoms with Gasteiger partial charge in [-0.2, -0.15) is 5.26 Å². The minimum absolute atomic E-state index is 0.211. The Balaban J connectivity index is 0.000000288. The van der Waals surface area contributed by atoms with Crippen LogP contribution in [0.1, 0.15) is 19.4 Å². The molecule has 15 heavy (non-hydrogen) atoms. The first-order valence-electron chi connectivity index (χ1n) is 4.75. The summed E-state index contributed by atoms with van der Waals surface area (Å²) >= 11 is 0. The van der Waals surface area contributed by atoms with Gasteiger partial charge < -0.3 is 4.74 Å². The van der Waals surface area contributed by atoms with E-state index in [1.807, 2.05) is 30.3 Å². The van der Waals surface area contributed by atoms with Crippen LogP contribution in [0.3, 0.4) is 0 Å². The summed E-state index contributed by atoms with van der Waals surface area (Å²) in [6, 6.07) is 11.8. The second-order valence-corrected chi connectivity index (χ2v) is 2.75. The van der Waals surface area contributed by atoms with Crippen LogP contribution >= 0.6 is 0 Å². The molecule has 1 aromatic carbocycles. The van der Waals surface area contributed by atoms with E-state index >= 15 is 0 Å². The number of nitriles is 1. The predicted octanol–water partition coefficient (Wildman–Crippen LogP) is 2.32. The normalized spacial score (nSPS) is 8.07. The Morgan fingerprint density at radius 1 is 1.40 bits per heavy atom. The van der Waals surface area contributed by atoms with Gasteiger partial charge in [-0.15, -0.1) is 0 Å². The minimum Gasteiger partial charge on any atom is -0.466 e. The van der Waals surface area contributed by atoms with E-state index in [9.17, 15) is 4.79 Å². The Kier molecular flexibility index (Phi) is 7.70. The lowest BCUT2D eigenvalue weighted by atomic mass is 10.2. The van der Waals surface area contributed by atoms with Crippen molar-refractivity contribution >= 4 is 5.97 Å². The maximum atomic E-state index is 9.82. The van der Waals surface area contributed by atoms with Crippen molar-refractivity contribution in [2.75, 3.05) is 6.61 Å². The van der Waals surface area contributed by atoms with Crippen LogP contribution in [-0.2, 0) is 16.0 Å². The summed E-state index contributed by atoms with van der Waals surface area (Å²) in [6.07, 6.45) is 0.515. The molecule has 3 heteroatoms. The highest BCUT2D eigenvalue weighted by atomic mass is 16.5.